The Morgan fingerprint density at radius 2 is 2.30 bits per heavy atom. The second kappa shape index (κ2) is 5.91. The summed E-state index contributed by atoms with van der Waals surface area (Å²) >= 11 is 1.18. The van der Waals surface area contributed by atoms with E-state index in [1.807, 2.05) is 31.7 Å². The number of imidazole rings is 1. The van der Waals surface area contributed by atoms with Crippen LogP contribution in [0.2, 0.25) is 0 Å². The van der Waals surface area contributed by atoms with Crippen LogP contribution in [0, 0.1) is 0 Å². The highest BCUT2D eigenvalue weighted by molar-refractivity contribution is 7.11. The smallest absolute Gasteiger partial charge is 0.258 e. The third-order valence-electron chi connectivity index (χ3n) is 2.69. The van der Waals surface area contributed by atoms with Gasteiger partial charge in [-0.1, -0.05) is 0 Å². The SMILES string of the molecule is CC(C)NC(=O)c1c(N)nsc1NCc1nccn1C. The molecule has 0 aliphatic rings. The molecule has 20 heavy (non-hydrogen) atoms. The molecule has 1 amide bonds. The number of nitrogens with one attached hydrogen (secondary N) is 2. The zero-order valence-corrected chi connectivity index (χ0v) is 12.5. The number of anilines is 2. The number of aromatic nitrogens is 3. The molecular formula is C12H18N6OS. The Morgan fingerprint density at radius 3 is 2.90 bits per heavy atom. The topological polar surface area (TPSA) is 97.9 Å². The lowest BCUT2D eigenvalue weighted by Crippen LogP contribution is -2.30. The molecule has 0 aliphatic carbocycles. The number of hydrogen-bond donors (Lipinski definition) is 3. The first-order valence-electron chi connectivity index (χ1n) is 6.25. The third-order valence-corrected chi connectivity index (χ3v) is 3.51. The Hall–Kier alpha value is -2.09. The number of nitrogens with zero attached hydrogens (tertiary/aromatic N) is 3. The van der Waals surface area contributed by atoms with E-state index in [4.69, 9.17) is 5.73 Å². The summed E-state index contributed by atoms with van der Waals surface area (Å²) in [5, 5.41) is 6.64. The molecule has 0 atom stereocenters. The van der Waals surface area contributed by atoms with Crippen molar-refractivity contribution in [3.8, 4) is 0 Å². The van der Waals surface area contributed by atoms with Gasteiger partial charge in [-0.3, -0.25) is 4.79 Å². The van der Waals surface area contributed by atoms with Crippen molar-refractivity contribution in [3.05, 3.63) is 23.8 Å². The highest BCUT2D eigenvalue weighted by atomic mass is 32.1. The molecule has 2 rings (SSSR count). The first-order chi connectivity index (χ1) is 9.49. The maximum atomic E-state index is 12.1. The molecule has 0 fully saturated rings. The number of nitrogens with two attached hydrogens (primary N) is 1. The second-order valence-corrected chi connectivity index (χ2v) is 5.48. The van der Waals surface area contributed by atoms with Crippen molar-refractivity contribution in [3.63, 3.8) is 0 Å². The van der Waals surface area contributed by atoms with Crippen LogP contribution in [0.25, 0.3) is 0 Å². The number of carbonyl (C=O) groups excluding carboxylic acids is 1. The molecule has 0 aromatic carbocycles. The number of aryl methyl sites for hydroxylation is 1. The zero-order chi connectivity index (χ0) is 14.7. The van der Waals surface area contributed by atoms with Gasteiger partial charge in [0.1, 0.15) is 16.4 Å². The van der Waals surface area contributed by atoms with E-state index in [-0.39, 0.29) is 17.8 Å². The van der Waals surface area contributed by atoms with Crippen LogP contribution in [0.5, 0.6) is 0 Å². The zero-order valence-electron chi connectivity index (χ0n) is 11.7. The largest absolute Gasteiger partial charge is 0.382 e. The van der Waals surface area contributed by atoms with Crippen LogP contribution in [0.3, 0.4) is 0 Å². The summed E-state index contributed by atoms with van der Waals surface area (Å²) in [4.78, 5) is 16.3. The van der Waals surface area contributed by atoms with Gasteiger partial charge >= 0.3 is 0 Å². The molecule has 7 nitrogen and oxygen atoms in total. The molecule has 2 heterocycles. The van der Waals surface area contributed by atoms with Crippen LogP contribution in [0.15, 0.2) is 12.4 Å². The average Bonchev–Trinajstić information content (AvgIpc) is 2.92. The van der Waals surface area contributed by atoms with Crippen LogP contribution in [-0.4, -0.2) is 25.9 Å². The van der Waals surface area contributed by atoms with Crippen molar-refractivity contribution in [2.75, 3.05) is 11.1 Å². The molecule has 0 bridgehead atoms. The van der Waals surface area contributed by atoms with Gasteiger partial charge in [0, 0.05) is 25.5 Å². The molecule has 108 valence electrons. The van der Waals surface area contributed by atoms with E-state index in [1.54, 1.807) is 6.20 Å². The lowest BCUT2D eigenvalue weighted by molar-refractivity contribution is 0.0945. The van der Waals surface area contributed by atoms with Gasteiger partial charge in [-0.05, 0) is 25.4 Å². The molecule has 4 N–H and O–H groups in total. The summed E-state index contributed by atoms with van der Waals surface area (Å²) in [6.07, 6.45) is 3.59. The first kappa shape index (κ1) is 14.3. The summed E-state index contributed by atoms with van der Waals surface area (Å²) in [6, 6.07) is 0.0455. The number of amides is 1. The molecule has 8 heteroatoms. The third kappa shape index (κ3) is 3.08. The van der Waals surface area contributed by atoms with Gasteiger partial charge in [-0.25, -0.2) is 4.98 Å². The first-order valence-corrected chi connectivity index (χ1v) is 7.02. The highest BCUT2D eigenvalue weighted by Crippen LogP contribution is 2.27. The molecule has 0 spiro atoms. The summed E-state index contributed by atoms with van der Waals surface area (Å²) in [6.45, 7) is 4.30. The Labute approximate surface area is 121 Å². The Morgan fingerprint density at radius 1 is 1.55 bits per heavy atom. The Kier molecular flexibility index (Phi) is 4.23. The van der Waals surface area contributed by atoms with Gasteiger partial charge in [0.15, 0.2) is 5.82 Å². The van der Waals surface area contributed by atoms with E-state index >= 15 is 0 Å². The van der Waals surface area contributed by atoms with E-state index in [1.165, 1.54) is 11.5 Å². The molecule has 2 aromatic rings. The Bertz CT molecular complexity index is 603. The van der Waals surface area contributed by atoms with Crippen molar-refractivity contribution in [1.82, 2.24) is 19.2 Å². The maximum absolute atomic E-state index is 12.1. The minimum atomic E-state index is -0.214. The summed E-state index contributed by atoms with van der Waals surface area (Å²) in [7, 11) is 1.91. The van der Waals surface area contributed by atoms with Gasteiger partial charge < -0.3 is 20.9 Å². The van der Waals surface area contributed by atoms with Crippen molar-refractivity contribution < 1.29 is 4.79 Å². The van der Waals surface area contributed by atoms with Gasteiger partial charge in [-0.15, -0.1) is 0 Å². The normalized spacial score (nSPS) is 10.8. The Balaban J connectivity index is 2.13. The number of rotatable bonds is 5. The van der Waals surface area contributed by atoms with E-state index in [0.717, 1.165) is 5.82 Å². The predicted octanol–water partition coefficient (Wildman–Crippen LogP) is 1.21. The summed E-state index contributed by atoms with van der Waals surface area (Å²) < 4.78 is 5.94. The molecule has 0 saturated heterocycles. The van der Waals surface area contributed by atoms with Crippen molar-refractivity contribution >= 4 is 28.3 Å². The van der Waals surface area contributed by atoms with Crippen molar-refractivity contribution in [2.45, 2.75) is 26.4 Å². The second-order valence-electron chi connectivity index (χ2n) is 4.71. The number of carbonyl (C=O) groups is 1. The maximum Gasteiger partial charge on any atom is 0.258 e. The molecule has 0 aliphatic heterocycles. The van der Waals surface area contributed by atoms with Crippen LogP contribution >= 0.6 is 11.5 Å². The lowest BCUT2D eigenvalue weighted by atomic mass is 10.2. The minimum absolute atomic E-state index is 0.0455. The molecule has 2 aromatic heterocycles. The fourth-order valence-electron chi connectivity index (χ4n) is 1.70. The molecule has 0 radical (unpaired) electrons. The quantitative estimate of drug-likeness (QED) is 0.770. The predicted molar refractivity (Wildman–Crippen MR) is 79.7 cm³/mol. The number of hydrogen-bond acceptors (Lipinski definition) is 6. The standard InChI is InChI=1S/C12H18N6OS/c1-7(2)16-11(19)9-10(13)17-20-12(9)15-6-8-14-4-5-18(8)3/h4-5,7,15H,6H2,1-3H3,(H2,13,17)(H,16,19). The van der Waals surface area contributed by atoms with Gasteiger partial charge in [0.2, 0.25) is 0 Å². The van der Waals surface area contributed by atoms with Crippen molar-refractivity contribution in [1.29, 1.82) is 0 Å². The van der Waals surface area contributed by atoms with Crippen LogP contribution in [-0.2, 0) is 13.6 Å². The van der Waals surface area contributed by atoms with E-state index in [9.17, 15) is 4.79 Å². The summed E-state index contributed by atoms with van der Waals surface area (Å²) in [5.74, 6) is 0.899. The molecular weight excluding hydrogens is 276 g/mol. The van der Waals surface area contributed by atoms with E-state index < -0.39 is 0 Å². The van der Waals surface area contributed by atoms with Gasteiger partial charge in [0.25, 0.3) is 5.91 Å². The van der Waals surface area contributed by atoms with Crippen LogP contribution in [0.4, 0.5) is 10.8 Å². The number of nitrogen functional groups attached to an aromatic ring is 1. The fraction of sp³-hybridized carbons (Fsp3) is 0.417. The van der Waals surface area contributed by atoms with E-state index in [0.29, 0.717) is 17.1 Å². The summed E-state index contributed by atoms with van der Waals surface area (Å²) in [5.41, 5.74) is 6.18. The van der Waals surface area contributed by atoms with Gasteiger partial charge in [0.05, 0.1) is 6.54 Å². The lowest BCUT2D eigenvalue weighted by Gasteiger charge is -2.10. The van der Waals surface area contributed by atoms with Crippen molar-refractivity contribution in [2.24, 2.45) is 7.05 Å². The van der Waals surface area contributed by atoms with Crippen LogP contribution in [0.1, 0.15) is 30.0 Å². The average molecular weight is 294 g/mol. The van der Waals surface area contributed by atoms with E-state index in [2.05, 4.69) is 20.0 Å². The molecule has 0 saturated carbocycles. The highest BCUT2D eigenvalue weighted by Gasteiger charge is 2.19. The van der Waals surface area contributed by atoms with Gasteiger partial charge in [-0.2, -0.15) is 4.37 Å². The fourth-order valence-corrected chi connectivity index (χ4v) is 2.41. The monoisotopic (exact) mass is 294 g/mol. The van der Waals surface area contributed by atoms with Crippen LogP contribution < -0.4 is 16.4 Å². The minimum Gasteiger partial charge on any atom is -0.382 e. The molecule has 0 unspecified atom stereocenters.